The maximum Gasteiger partial charge on any atom is 0.673 e. The van der Waals surface area contributed by atoms with E-state index in [1.807, 2.05) is 36.9 Å². The molecule has 0 fully saturated rings. The van der Waals surface area contributed by atoms with Crippen LogP contribution in [0.15, 0.2) is 110 Å². The van der Waals surface area contributed by atoms with Crippen molar-refractivity contribution in [3.8, 4) is 39.3 Å². The first-order valence-corrected chi connectivity index (χ1v) is 11.6. The molecule has 0 aliphatic heterocycles. The normalized spacial score (nSPS) is 11.0. The average Bonchev–Trinajstić information content (AvgIpc) is 2.89. The number of halogens is 4. The summed E-state index contributed by atoms with van der Waals surface area (Å²) in [6.07, 6.45) is 7.36. The van der Waals surface area contributed by atoms with Crippen molar-refractivity contribution in [1.29, 1.82) is 0 Å². The van der Waals surface area contributed by atoms with Gasteiger partial charge in [-0.15, -0.1) is 0 Å². The summed E-state index contributed by atoms with van der Waals surface area (Å²) in [4.78, 5) is 8.47. The van der Waals surface area contributed by atoms with Crippen LogP contribution in [0.2, 0.25) is 0 Å². The third-order valence-corrected chi connectivity index (χ3v) is 5.70. The van der Waals surface area contributed by atoms with Crippen LogP contribution in [0.25, 0.3) is 39.3 Å². The van der Waals surface area contributed by atoms with Crippen molar-refractivity contribution in [2.45, 2.75) is 13.8 Å². The lowest BCUT2D eigenvalue weighted by atomic mass is 9.98. The maximum absolute atomic E-state index is 9.75. The summed E-state index contributed by atoms with van der Waals surface area (Å²) in [6.45, 7) is 4.23. The SMILES string of the molecule is Cc1ccc(-c2cc(-c3ccncc3)[n+](-c3ccncc3)c(-c3ccc(C)cc3)c2)cc1.F[B-](F)(F)F. The van der Waals surface area contributed by atoms with Crippen molar-refractivity contribution < 1.29 is 21.8 Å². The van der Waals surface area contributed by atoms with E-state index in [1.54, 1.807) is 0 Å². The van der Waals surface area contributed by atoms with Crippen molar-refractivity contribution >= 4 is 7.25 Å². The largest absolute Gasteiger partial charge is 0.673 e. The quantitative estimate of drug-likeness (QED) is 0.144. The van der Waals surface area contributed by atoms with Crippen LogP contribution >= 0.6 is 0 Å². The van der Waals surface area contributed by atoms with E-state index in [0.29, 0.717) is 0 Å². The monoisotopic (exact) mass is 501 g/mol. The molecule has 37 heavy (non-hydrogen) atoms. The lowest BCUT2D eigenvalue weighted by Gasteiger charge is -2.12. The molecule has 0 bridgehead atoms. The molecule has 0 amide bonds. The third kappa shape index (κ3) is 6.88. The first-order chi connectivity index (χ1) is 17.7. The molecular weight excluding hydrogens is 477 g/mol. The molecule has 0 atom stereocenters. The van der Waals surface area contributed by atoms with Gasteiger partial charge in [-0.3, -0.25) is 9.97 Å². The molecule has 186 valence electrons. The molecule has 5 rings (SSSR count). The Hall–Kier alpha value is -4.33. The molecule has 3 nitrogen and oxygen atoms in total. The van der Waals surface area contributed by atoms with E-state index in [-0.39, 0.29) is 0 Å². The maximum atomic E-state index is 9.75. The zero-order valence-electron chi connectivity index (χ0n) is 20.3. The number of nitrogens with zero attached hydrogens (tertiary/aromatic N) is 3. The summed E-state index contributed by atoms with van der Waals surface area (Å²) >= 11 is 0. The second-order valence-electron chi connectivity index (χ2n) is 8.52. The molecule has 0 spiro atoms. The second kappa shape index (κ2) is 11.2. The van der Waals surface area contributed by atoms with Crippen LogP contribution < -0.4 is 4.57 Å². The molecule has 8 heteroatoms. The van der Waals surface area contributed by atoms with Crippen LogP contribution in [0.4, 0.5) is 17.3 Å². The van der Waals surface area contributed by atoms with E-state index in [4.69, 9.17) is 0 Å². The highest BCUT2D eigenvalue weighted by Gasteiger charge is 2.25. The molecule has 0 saturated heterocycles. The third-order valence-electron chi connectivity index (χ3n) is 5.70. The van der Waals surface area contributed by atoms with Gasteiger partial charge in [-0.1, -0.05) is 47.5 Å². The van der Waals surface area contributed by atoms with E-state index >= 15 is 0 Å². The van der Waals surface area contributed by atoms with E-state index < -0.39 is 7.25 Å². The van der Waals surface area contributed by atoms with Gasteiger partial charge in [-0.25, -0.2) is 0 Å². The van der Waals surface area contributed by atoms with E-state index in [2.05, 4.69) is 101 Å². The number of rotatable bonds is 4. The molecule has 2 aromatic carbocycles. The van der Waals surface area contributed by atoms with Crippen LogP contribution in [-0.4, -0.2) is 17.2 Å². The standard InChI is InChI=1S/C29H24N3.BF4/c1-21-3-7-23(8-4-21)26-19-28(24-9-5-22(2)6-10-24)32(27-13-17-31-18-14-27)29(20-26)25-11-15-30-16-12-25;2-1(3,4)5/h3-20H,1-2H3;/q+1;-1. The summed E-state index contributed by atoms with van der Waals surface area (Å²) in [6, 6.07) is 30.2. The number of hydrogen-bond acceptors (Lipinski definition) is 2. The molecule has 0 saturated carbocycles. The van der Waals surface area contributed by atoms with E-state index in [9.17, 15) is 17.3 Å². The van der Waals surface area contributed by atoms with Gasteiger partial charge in [0.05, 0.1) is 0 Å². The highest BCUT2D eigenvalue weighted by atomic mass is 19.5. The topological polar surface area (TPSA) is 29.7 Å². The van der Waals surface area contributed by atoms with E-state index in [0.717, 1.165) is 28.2 Å². The predicted octanol–water partition coefficient (Wildman–Crippen LogP) is 7.67. The molecule has 0 aliphatic rings. The van der Waals surface area contributed by atoms with Gasteiger partial charge in [0, 0.05) is 60.2 Å². The Morgan fingerprint density at radius 3 is 1.35 bits per heavy atom. The van der Waals surface area contributed by atoms with Crippen molar-refractivity contribution in [3.05, 3.63) is 121 Å². The summed E-state index contributed by atoms with van der Waals surface area (Å²) in [7, 11) is -6.00. The molecule has 0 aliphatic carbocycles. The summed E-state index contributed by atoms with van der Waals surface area (Å²) in [5.74, 6) is 0. The molecule has 3 aromatic heterocycles. The predicted molar refractivity (Wildman–Crippen MR) is 140 cm³/mol. The van der Waals surface area contributed by atoms with Crippen molar-refractivity contribution in [1.82, 2.24) is 9.97 Å². The highest BCUT2D eigenvalue weighted by Crippen LogP contribution is 2.30. The van der Waals surface area contributed by atoms with Crippen LogP contribution in [0.3, 0.4) is 0 Å². The Morgan fingerprint density at radius 2 is 0.892 bits per heavy atom. The second-order valence-corrected chi connectivity index (χ2v) is 8.52. The van der Waals surface area contributed by atoms with Crippen LogP contribution in [0.1, 0.15) is 11.1 Å². The molecule has 5 aromatic rings. The Labute approximate surface area is 213 Å². The summed E-state index contributed by atoms with van der Waals surface area (Å²) in [5, 5.41) is 0. The lowest BCUT2D eigenvalue weighted by Crippen LogP contribution is -2.36. The van der Waals surface area contributed by atoms with Gasteiger partial charge >= 0.3 is 7.25 Å². The van der Waals surface area contributed by atoms with Crippen molar-refractivity contribution in [2.75, 3.05) is 0 Å². The molecule has 3 heterocycles. The number of pyridine rings is 3. The summed E-state index contributed by atoms with van der Waals surface area (Å²) in [5.41, 5.74) is 10.4. The molecular formula is C29H24BF4N3. The van der Waals surface area contributed by atoms with Gasteiger partial charge in [-0.05, 0) is 49.2 Å². The van der Waals surface area contributed by atoms with E-state index in [1.165, 1.54) is 22.3 Å². The fraction of sp³-hybridized carbons (Fsp3) is 0.0690. The fourth-order valence-corrected chi connectivity index (χ4v) is 3.95. The van der Waals surface area contributed by atoms with Gasteiger partial charge in [0.15, 0.2) is 0 Å². The minimum Gasteiger partial charge on any atom is -0.418 e. The average molecular weight is 501 g/mol. The molecule has 0 radical (unpaired) electrons. The van der Waals surface area contributed by atoms with Gasteiger partial charge in [-0.2, -0.15) is 4.57 Å². The Balaban J connectivity index is 0.000000586. The fourth-order valence-electron chi connectivity index (χ4n) is 3.95. The van der Waals surface area contributed by atoms with Gasteiger partial charge in [0.1, 0.15) is 0 Å². The Kier molecular flexibility index (Phi) is 7.77. The first kappa shape index (κ1) is 25.8. The highest BCUT2D eigenvalue weighted by molar-refractivity contribution is 6.50. The van der Waals surface area contributed by atoms with Crippen LogP contribution in [0.5, 0.6) is 0 Å². The van der Waals surface area contributed by atoms with Crippen LogP contribution in [0, 0.1) is 13.8 Å². The van der Waals surface area contributed by atoms with Crippen molar-refractivity contribution in [2.24, 2.45) is 0 Å². The van der Waals surface area contributed by atoms with Crippen LogP contribution in [-0.2, 0) is 0 Å². The zero-order chi connectivity index (χ0) is 26.4. The summed E-state index contributed by atoms with van der Waals surface area (Å²) < 4.78 is 41.3. The minimum atomic E-state index is -6.00. The molecule has 0 N–H and O–H groups in total. The van der Waals surface area contributed by atoms with Crippen molar-refractivity contribution in [3.63, 3.8) is 0 Å². The Morgan fingerprint density at radius 1 is 0.514 bits per heavy atom. The smallest absolute Gasteiger partial charge is 0.418 e. The number of benzene rings is 2. The van der Waals surface area contributed by atoms with Gasteiger partial charge in [0.2, 0.25) is 17.1 Å². The van der Waals surface area contributed by atoms with Gasteiger partial charge < -0.3 is 17.3 Å². The number of aromatic nitrogens is 3. The Bertz CT molecular complexity index is 1450. The molecule has 0 unspecified atom stereocenters. The lowest BCUT2D eigenvalue weighted by molar-refractivity contribution is -0.572. The zero-order valence-corrected chi connectivity index (χ0v) is 20.3. The number of hydrogen-bond donors (Lipinski definition) is 0. The number of aryl methyl sites for hydroxylation is 2. The van der Waals surface area contributed by atoms with Gasteiger partial charge in [0.25, 0.3) is 0 Å². The first-order valence-electron chi connectivity index (χ1n) is 11.6. The minimum absolute atomic E-state index is 1.07.